The molecule has 1 aliphatic rings. The maximum Gasteiger partial charge on any atom is 0.110 e. The summed E-state index contributed by atoms with van der Waals surface area (Å²) in [6.45, 7) is 4.32. The predicted molar refractivity (Wildman–Crippen MR) is 59.2 cm³/mol. The molecule has 74 valence electrons. The molecule has 0 amide bonds. The molecule has 0 saturated carbocycles. The van der Waals surface area contributed by atoms with E-state index in [1.54, 1.807) is 7.11 Å². The van der Waals surface area contributed by atoms with Crippen LogP contribution in [-0.2, 0) is 4.74 Å². The minimum atomic E-state index is 0.0998. The summed E-state index contributed by atoms with van der Waals surface area (Å²) < 4.78 is 5.32. The normalized spacial score (nSPS) is 18.3. The molecule has 0 saturated heterocycles. The second-order valence-electron chi connectivity index (χ2n) is 4.04. The van der Waals surface area contributed by atoms with Crippen LogP contribution in [0.15, 0.2) is 30.0 Å². The van der Waals surface area contributed by atoms with Crippen molar-refractivity contribution in [1.29, 1.82) is 0 Å². The fourth-order valence-electron chi connectivity index (χ4n) is 1.90. The topological polar surface area (TPSA) is 9.23 Å². The second-order valence-corrected chi connectivity index (χ2v) is 4.48. The Morgan fingerprint density at radius 2 is 1.71 bits per heavy atom. The van der Waals surface area contributed by atoms with Crippen molar-refractivity contribution in [2.45, 2.75) is 13.8 Å². The van der Waals surface area contributed by atoms with Gasteiger partial charge in [-0.1, -0.05) is 23.7 Å². The molecule has 1 nitrogen and oxygen atoms in total. The third kappa shape index (κ3) is 1.32. The highest BCUT2D eigenvalue weighted by Crippen LogP contribution is 2.57. The van der Waals surface area contributed by atoms with Gasteiger partial charge in [-0.05, 0) is 31.5 Å². The lowest BCUT2D eigenvalue weighted by atomic mass is 10.0. The highest BCUT2D eigenvalue weighted by molar-refractivity contribution is 6.30. The molecule has 0 fully saturated rings. The van der Waals surface area contributed by atoms with E-state index >= 15 is 0 Å². The molecule has 0 unspecified atom stereocenters. The molecule has 0 heterocycles. The van der Waals surface area contributed by atoms with Crippen LogP contribution < -0.4 is 0 Å². The van der Waals surface area contributed by atoms with Gasteiger partial charge in [-0.3, -0.25) is 0 Å². The van der Waals surface area contributed by atoms with Gasteiger partial charge in [0.15, 0.2) is 0 Å². The van der Waals surface area contributed by atoms with Crippen molar-refractivity contribution in [2.24, 2.45) is 5.41 Å². The molecular weight excluding hydrogens is 196 g/mol. The number of halogens is 1. The Morgan fingerprint density at radius 3 is 2.14 bits per heavy atom. The van der Waals surface area contributed by atoms with E-state index in [1.165, 1.54) is 11.1 Å². The zero-order chi connectivity index (χ0) is 10.3. The van der Waals surface area contributed by atoms with E-state index in [1.807, 2.05) is 24.3 Å². The minimum Gasteiger partial charge on any atom is -0.500 e. The van der Waals surface area contributed by atoms with Gasteiger partial charge >= 0.3 is 0 Å². The molecule has 0 N–H and O–H groups in total. The van der Waals surface area contributed by atoms with Crippen LogP contribution in [0.3, 0.4) is 0 Å². The summed E-state index contributed by atoms with van der Waals surface area (Å²) in [7, 11) is 1.72. The molecular formula is C12H13ClO. The number of benzene rings is 1. The highest BCUT2D eigenvalue weighted by Gasteiger charge is 2.47. The zero-order valence-electron chi connectivity index (χ0n) is 8.60. The van der Waals surface area contributed by atoms with Crippen LogP contribution in [0.25, 0.3) is 5.57 Å². The first-order valence-electron chi connectivity index (χ1n) is 4.62. The standard InChI is InChI=1S/C12H13ClO/c1-12(2)10(11(12)14-3)8-4-6-9(13)7-5-8/h4-7H,1-3H3. The molecule has 0 radical (unpaired) electrons. The third-order valence-electron chi connectivity index (χ3n) is 2.69. The lowest BCUT2D eigenvalue weighted by Gasteiger charge is -2.03. The van der Waals surface area contributed by atoms with Gasteiger partial charge in [-0.15, -0.1) is 0 Å². The van der Waals surface area contributed by atoms with Gasteiger partial charge in [-0.25, -0.2) is 0 Å². The molecule has 0 aromatic heterocycles. The van der Waals surface area contributed by atoms with Crippen molar-refractivity contribution in [3.8, 4) is 0 Å². The van der Waals surface area contributed by atoms with E-state index in [0.717, 1.165) is 10.8 Å². The molecule has 0 atom stereocenters. The average molecular weight is 209 g/mol. The van der Waals surface area contributed by atoms with Crippen molar-refractivity contribution in [1.82, 2.24) is 0 Å². The van der Waals surface area contributed by atoms with E-state index in [4.69, 9.17) is 16.3 Å². The number of hydrogen-bond donors (Lipinski definition) is 0. The van der Waals surface area contributed by atoms with Gasteiger partial charge in [0.2, 0.25) is 0 Å². The molecule has 2 rings (SSSR count). The van der Waals surface area contributed by atoms with E-state index in [9.17, 15) is 0 Å². The Morgan fingerprint density at radius 1 is 1.14 bits per heavy atom. The first-order chi connectivity index (χ1) is 6.57. The van der Waals surface area contributed by atoms with Gasteiger partial charge in [0.1, 0.15) is 5.76 Å². The Bertz CT molecular complexity index is 387. The van der Waals surface area contributed by atoms with Crippen LogP contribution in [-0.4, -0.2) is 7.11 Å². The molecule has 0 spiro atoms. The molecule has 1 aromatic carbocycles. The smallest absolute Gasteiger partial charge is 0.110 e. The fraction of sp³-hybridized carbons (Fsp3) is 0.333. The summed E-state index contributed by atoms with van der Waals surface area (Å²) in [5.74, 6) is 1.08. The van der Waals surface area contributed by atoms with Crippen molar-refractivity contribution in [3.63, 3.8) is 0 Å². The number of methoxy groups -OCH3 is 1. The quantitative estimate of drug-likeness (QED) is 0.720. The Labute approximate surface area is 89.3 Å². The van der Waals surface area contributed by atoms with Crippen LogP contribution >= 0.6 is 11.6 Å². The molecule has 0 bridgehead atoms. The van der Waals surface area contributed by atoms with Crippen molar-refractivity contribution < 1.29 is 4.74 Å². The summed E-state index contributed by atoms with van der Waals surface area (Å²) in [5, 5.41) is 0.770. The largest absolute Gasteiger partial charge is 0.500 e. The maximum absolute atomic E-state index is 5.83. The lowest BCUT2D eigenvalue weighted by Crippen LogP contribution is -1.93. The maximum atomic E-state index is 5.83. The zero-order valence-corrected chi connectivity index (χ0v) is 9.35. The Balaban J connectivity index is 2.34. The van der Waals surface area contributed by atoms with Gasteiger partial charge in [0.25, 0.3) is 0 Å². The van der Waals surface area contributed by atoms with Crippen molar-refractivity contribution in [2.75, 3.05) is 7.11 Å². The predicted octanol–water partition coefficient (Wildman–Crippen LogP) is 3.74. The van der Waals surface area contributed by atoms with Gasteiger partial charge in [-0.2, -0.15) is 0 Å². The second kappa shape index (κ2) is 3.03. The molecule has 0 aliphatic heterocycles. The van der Waals surface area contributed by atoms with Gasteiger partial charge < -0.3 is 4.74 Å². The summed E-state index contributed by atoms with van der Waals surface area (Å²) in [6.07, 6.45) is 0. The third-order valence-corrected chi connectivity index (χ3v) is 2.95. The van der Waals surface area contributed by atoms with Crippen LogP contribution in [0.4, 0.5) is 0 Å². The average Bonchev–Trinajstić information content (AvgIpc) is 2.69. The lowest BCUT2D eigenvalue weighted by molar-refractivity contribution is 0.273. The minimum absolute atomic E-state index is 0.0998. The molecule has 1 aliphatic carbocycles. The number of allylic oxidation sites excluding steroid dienone is 2. The van der Waals surface area contributed by atoms with Gasteiger partial charge in [0, 0.05) is 10.6 Å². The molecule has 2 heteroatoms. The van der Waals surface area contributed by atoms with E-state index in [0.29, 0.717) is 0 Å². The molecule has 1 aromatic rings. The van der Waals surface area contributed by atoms with E-state index < -0.39 is 0 Å². The number of ether oxygens (including phenoxy) is 1. The summed E-state index contributed by atoms with van der Waals surface area (Å²) in [4.78, 5) is 0. The first kappa shape index (κ1) is 9.60. The Kier molecular flexibility index (Phi) is 2.07. The van der Waals surface area contributed by atoms with Crippen LogP contribution in [0.2, 0.25) is 5.02 Å². The summed E-state index contributed by atoms with van der Waals surface area (Å²) >= 11 is 5.83. The Hall–Kier alpha value is -0.950. The van der Waals surface area contributed by atoms with E-state index in [2.05, 4.69) is 13.8 Å². The summed E-state index contributed by atoms with van der Waals surface area (Å²) in [5.41, 5.74) is 2.59. The number of hydrogen-bond acceptors (Lipinski definition) is 1. The summed E-state index contributed by atoms with van der Waals surface area (Å²) in [6, 6.07) is 7.88. The number of rotatable bonds is 2. The fourth-order valence-corrected chi connectivity index (χ4v) is 2.03. The van der Waals surface area contributed by atoms with Crippen LogP contribution in [0, 0.1) is 5.41 Å². The monoisotopic (exact) mass is 208 g/mol. The van der Waals surface area contributed by atoms with Gasteiger partial charge in [0.05, 0.1) is 12.5 Å². The molecule has 14 heavy (non-hydrogen) atoms. The van der Waals surface area contributed by atoms with Crippen molar-refractivity contribution in [3.05, 3.63) is 40.6 Å². The highest BCUT2D eigenvalue weighted by atomic mass is 35.5. The first-order valence-corrected chi connectivity index (χ1v) is 5.00. The van der Waals surface area contributed by atoms with Crippen LogP contribution in [0.1, 0.15) is 19.4 Å². The van der Waals surface area contributed by atoms with E-state index in [-0.39, 0.29) is 5.41 Å². The SMILES string of the molecule is COC1=C(c2ccc(Cl)cc2)C1(C)C. The van der Waals surface area contributed by atoms with Crippen molar-refractivity contribution >= 4 is 17.2 Å². The van der Waals surface area contributed by atoms with Crippen LogP contribution in [0.5, 0.6) is 0 Å².